The van der Waals surface area contributed by atoms with Crippen molar-refractivity contribution < 1.29 is 0 Å². The Bertz CT molecular complexity index is 3330. The third-order valence-corrected chi connectivity index (χ3v) is 14.0. The molecule has 0 bridgehead atoms. The van der Waals surface area contributed by atoms with E-state index in [0.717, 1.165) is 84.9 Å². The van der Waals surface area contributed by atoms with Gasteiger partial charge < -0.3 is 5.32 Å². The van der Waals surface area contributed by atoms with Crippen LogP contribution < -0.4 is 10.2 Å². The SMILES string of the molecule is CCc1cc(C)cc(CC)c1Nc1nc(N(c2nc3ccc(Cl)cc3s2)c2c(CC)cc(C)cc2CC)cc(C)c1/N=N/c1c(C#N)c(-c2ccccc2)nn1-c1nc2ccc(Cl)cc2s1. The van der Waals surface area contributed by atoms with Crippen molar-refractivity contribution in [1.82, 2.24) is 24.7 Å². The second-order valence-electron chi connectivity index (χ2n) is 16.1. The van der Waals surface area contributed by atoms with Crippen molar-refractivity contribution in [3.8, 4) is 22.5 Å². The van der Waals surface area contributed by atoms with E-state index in [9.17, 15) is 5.26 Å². The van der Waals surface area contributed by atoms with Crippen LogP contribution in [-0.2, 0) is 25.7 Å². The third kappa shape index (κ3) is 8.56. The van der Waals surface area contributed by atoms with Gasteiger partial charge in [-0.05, 0) is 117 Å². The monoisotopic (exact) mass is 944 g/mol. The average molecular weight is 946 g/mol. The van der Waals surface area contributed by atoms with Crippen molar-refractivity contribution in [1.29, 1.82) is 5.26 Å². The number of nitriles is 1. The highest BCUT2D eigenvalue weighted by Crippen LogP contribution is 2.46. The molecule has 4 aromatic heterocycles. The molecule has 10 nitrogen and oxygen atoms in total. The first-order valence-electron chi connectivity index (χ1n) is 22.0. The highest BCUT2D eigenvalue weighted by molar-refractivity contribution is 7.22. The molecule has 9 aromatic rings. The molecule has 0 unspecified atom stereocenters. The number of hydrogen-bond donors (Lipinski definition) is 1. The quantitative estimate of drug-likeness (QED) is 0.114. The van der Waals surface area contributed by atoms with Gasteiger partial charge in [0.2, 0.25) is 5.13 Å². The van der Waals surface area contributed by atoms with Gasteiger partial charge in [-0.3, -0.25) is 4.90 Å². The lowest BCUT2D eigenvalue weighted by atomic mass is 9.98. The van der Waals surface area contributed by atoms with Crippen LogP contribution in [0.2, 0.25) is 10.0 Å². The summed E-state index contributed by atoms with van der Waals surface area (Å²) in [6.07, 6.45) is 3.21. The van der Waals surface area contributed by atoms with Crippen LogP contribution in [-0.4, -0.2) is 24.7 Å². The molecule has 4 heterocycles. The molecule has 0 saturated carbocycles. The Kier molecular flexibility index (Phi) is 12.7. The molecule has 0 amide bonds. The first-order valence-corrected chi connectivity index (χ1v) is 24.4. The van der Waals surface area contributed by atoms with Gasteiger partial charge in [0.05, 0.1) is 26.1 Å². The van der Waals surface area contributed by atoms with E-state index < -0.39 is 0 Å². The van der Waals surface area contributed by atoms with E-state index in [4.69, 9.17) is 53.5 Å². The lowest BCUT2D eigenvalue weighted by molar-refractivity contribution is 0.866. The fraction of sp³-hybridized carbons (Fsp3) is 0.212. The van der Waals surface area contributed by atoms with Gasteiger partial charge in [-0.25, -0.2) is 15.0 Å². The number of aryl methyl sites for hydroxylation is 7. The van der Waals surface area contributed by atoms with Gasteiger partial charge in [0.25, 0.3) is 0 Å². The summed E-state index contributed by atoms with van der Waals surface area (Å²) in [5, 5.41) is 32.1. The fourth-order valence-electron chi connectivity index (χ4n) is 8.42. The topological polar surface area (TPSA) is 120 Å². The summed E-state index contributed by atoms with van der Waals surface area (Å²) in [4.78, 5) is 17.9. The number of pyridine rings is 1. The zero-order valence-corrected chi connectivity index (χ0v) is 40.8. The van der Waals surface area contributed by atoms with Gasteiger partial charge in [0, 0.05) is 21.3 Å². The highest BCUT2D eigenvalue weighted by Gasteiger charge is 2.27. The number of thiazole rings is 2. The smallest absolute Gasteiger partial charge is 0.213 e. The molecule has 330 valence electrons. The number of nitrogens with one attached hydrogen (secondary N) is 1. The highest BCUT2D eigenvalue weighted by atomic mass is 35.5. The van der Waals surface area contributed by atoms with Gasteiger partial charge in [-0.1, -0.05) is 139 Å². The third-order valence-electron chi connectivity index (χ3n) is 11.6. The van der Waals surface area contributed by atoms with Crippen LogP contribution in [0.1, 0.15) is 72.2 Å². The number of hydrogen-bond acceptors (Lipinski definition) is 11. The molecular formula is C52H46Cl2N10S2. The van der Waals surface area contributed by atoms with Crippen LogP contribution in [0.3, 0.4) is 0 Å². The van der Waals surface area contributed by atoms with E-state index in [0.29, 0.717) is 38.2 Å². The van der Waals surface area contributed by atoms with Crippen LogP contribution in [0.25, 0.3) is 36.8 Å². The van der Waals surface area contributed by atoms with E-state index in [1.165, 1.54) is 33.6 Å². The van der Waals surface area contributed by atoms with Crippen molar-refractivity contribution in [3.63, 3.8) is 0 Å². The number of halogens is 2. The Morgan fingerprint density at radius 1 is 0.697 bits per heavy atom. The van der Waals surface area contributed by atoms with Crippen molar-refractivity contribution in [3.05, 3.63) is 152 Å². The molecule has 0 radical (unpaired) electrons. The summed E-state index contributed by atoms with van der Waals surface area (Å²) in [6.45, 7) is 15.0. The first kappa shape index (κ1) is 44.7. The molecule has 0 aliphatic heterocycles. The average Bonchev–Trinajstić information content (AvgIpc) is 4.04. The Hall–Kier alpha value is -6.49. The normalized spacial score (nSPS) is 11.6. The number of rotatable bonds is 13. The van der Waals surface area contributed by atoms with E-state index in [1.807, 2.05) is 79.7 Å². The molecule has 14 heteroatoms. The van der Waals surface area contributed by atoms with Crippen molar-refractivity contribution in [2.75, 3.05) is 10.2 Å². The second-order valence-corrected chi connectivity index (χ2v) is 19.0. The predicted molar refractivity (Wildman–Crippen MR) is 275 cm³/mol. The summed E-state index contributed by atoms with van der Waals surface area (Å²) in [6, 6.07) is 34.4. The molecule has 66 heavy (non-hydrogen) atoms. The molecule has 0 fully saturated rings. The molecule has 9 rings (SSSR count). The number of nitrogens with zero attached hydrogens (tertiary/aromatic N) is 9. The number of anilines is 5. The van der Waals surface area contributed by atoms with Crippen LogP contribution in [0, 0.1) is 32.1 Å². The van der Waals surface area contributed by atoms with Gasteiger partial charge in [-0.2, -0.15) is 15.0 Å². The number of fused-ring (bicyclic) bond motifs is 2. The van der Waals surface area contributed by atoms with E-state index in [2.05, 4.69) is 82.1 Å². The van der Waals surface area contributed by atoms with Gasteiger partial charge in [0.1, 0.15) is 28.8 Å². The van der Waals surface area contributed by atoms with Gasteiger partial charge in [0.15, 0.2) is 16.8 Å². The van der Waals surface area contributed by atoms with E-state index in [-0.39, 0.29) is 11.4 Å². The second kappa shape index (κ2) is 18.8. The van der Waals surface area contributed by atoms with Gasteiger partial charge >= 0.3 is 0 Å². The fourth-order valence-corrected chi connectivity index (χ4v) is 10.9. The van der Waals surface area contributed by atoms with Crippen molar-refractivity contribution in [2.24, 2.45) is 10.2 Å². The summed E-state index contributed by atoms with van der Waals surface area (Å²) < 4.78 is 3.46. The maximum atomic E-state index is 10.8. The van der Waals surface area contributed by atoms with E-state index >= 15 is 0 Å². The zero-order chi connectivity index (χ0) is 46.2. The number of benzene rings is 5. The molecule has 0 saturated heterocycles. The minimum Gasteiger partial charge on any atom is -0.338 e. The van der Waals surface area contributed by atoms with Crippen molar-refractivity contribution >= 4 is 106 Å². The van der Waals surface area contributed by atoms with E-state index in [1.54, 1.807) is 16.0 Å². The summed E-state index contributed by atoms with van der Waals surface area (Å²) in [5.74, 6) is 1.41. The summed E-state index contributed by atoms with van der Waals surface area (Å²) in [7, 11) is 0. The molecule has 0 atom stereocenters. The van der Waals surface area contributed by atoms with Crippen LogP contribution in [0.15, 0.2) is 107 Å². The molecule has 5 aromatic carbocycles. The predicted octanol–water partition coefficient (Wildman–Crippen LogP) is 16.1. The Balaban J connectivity index is 1.30. The number of aromatic nitrogens is 5. The lowest BCUT2D eigenvalue weighted by Crippen LogP contribution is -2.17. The Morgan fingerprint density at radius 2 is 1.29 bits per heavy atom. The Labute approximate surface area is 402 Å². The van der Waals surface area contributed by atoms with Crippen molar-refractivity contribution in [2.45, 2.75) is 74.1 Å². The molecule has 0 aliphatic carbocycles. The van der Waals surface area contributed by atoms with Crippen LogP contribution in [0.5, 0.6) is 0 Å². The number of azo groups is 1. The molecular weight excluding hydrogens is 900 g/mol. The minimum atomic E-state index is 0.240. The largest absolute Gasteiger partial charge is 0.338 e. The van der Waals surface area contributed by atoms with Crippen LogP contribution >= 0.6 is 45.9 Å². The molecule has 0 aliphatic rings. The molecule has 0 spiro atoms. The standard InChI is InChI=1S/C52H46Cl2N10S2/c1-8-32-21-29(5)22-33(9-2)46(32)59-49-45(60-61-50-39(28-55)47(36-15-13-12-14-16-36)62-64(50)52-57-41-20-18-38(54)27-43(41)66-52)31(7)25-44(58-49)63(48-34(10-3)23-30(6)24-35(48)11-4)51-56-40-19-17-37(53)26-42(40)65-51/h12-27H,8-11H2,1-7H3,(H,58,59)/b61-60+. The summed E-state index contributed by atoms with van der Waals surface area (Å²) in [5.41, 5.74) is 13.5. The van der Waals surface area contributed by atoms with Crippen LogP contribution in [0.4, 0.5) is 39.6 Å². The maximum Gasteiger partial charge on any atom is 0.213 e. The molecule has 1 N–H and O–H groups in total. The Morgan fingerprint density at radius 3 is 1.89 bits per heavy atom. The zero-order valence-electron chi connectivity index (χ0n) is 37.7. The maximum absolute atomic E-state index is 10.8. The minimum absolute atomic E-state index is 0.240. The summed E-state index contributed by atoms with van der Waals surface area (Å²) >= 11 is 15.9. The first-order chi connectivity index (χ1) is 32.0. The lowest BCUT2D eigenvalue weighted by Gasteiger charge is -2.28. The van der Waals surface area contributed by atoms with Gasteiger partial charge in [-0.15, -0.1) is 10.2 Å².